The molecule has 0 spiro atoms. The number of hydrogen-bond donors (Lipinski definition) is 1. The molecule has 0 aliphatic carbocycles. The molecule has 0 heterocycles. The summed E-state index contributed by atoms with van der Waals surface area (Å²) in [4.78, 5) is 2.16. The highest BCUT2D eigenvalue weighted by Crippen LogP contribution is 2.25. The number of rotatable bonds is 7. The minimum Gasteiger partial charge on any atom is -0.312 e. The second kappa shape index (κ2) is 7.39. The Balaban J connectivity index is 3.01. The van der Waals surface area contributed by atoms with Crippen LogP contribution in [0.1, 0.15) is 32.8 Å². The molecule has 0 aliphatic heterocycles. The van der Waals surface area contributed by atoms with Crippen molar-refractivity contribution in [2.45, 2.75) is 45.2 Å². The number of likely N-dealkylation sites (N-methyl/N-ethyl adjacent to an activating group) is 1. The Bertz CT molecular complexity index is 412. The summed E-state index contributed by atoms with van der Waals surface area (Å²) in [5, 5.41) is 4.03. The average molecular weight is 301 g/mol. The first-order valence-electron chi connectivity index (χ1n) is 7.14. The molecule has 1 rings (SSSR count). The van der Waals surface area contributed by atoms with E-state index in [-0.39, 0.29) is 17.4 Å². The molecule has 1 N–H and O–H groups in total. The van der Waals surface area contributed by atoms with Crippen LogP contribution in [0.15, 0.2) is 18.2 Å². The molecule has 4 heteroatoms. The highest BCUT2D eigenvalue weighted by Gasteiger charge is 2.32. The zero-order valence-electron chi connectivity index (χ0n) is 13.1. The molecule has 1 unspecified atom stereocenters. The molecule has 0 amide bonds. The van der Waals surface area contributed by atoms with Crippen LogP contribution in [0.3, 0.4) is 0 Å². The number of halogens is 2. The van der Waals surface area contributed by atoms with E-state index in [0.29, 0.717) is 17.0 Å². The molecule has 0 aliphatic rings. The minimum atomic E-state index is -0.227. The zero-order chi connectivity index (χ0) is 15.3. The van der Waals surface area contributed by atoms with Gasteiger partial charge in [0.25, 0.3) is 0 Å². The average Bonchev–Trinajstić information content (AvgIpc) is 2.37. The van der Waals surface area contributed by atoms with Crippen LogP contribution >= 0.6 is 11.6 Å². The van der Waals surface area contributed by atoms with Gasteiger partial charge in [-0.25, -0.2) is 4.39 Å². The van der Waals surface area contributed by atoms with Crippen molar-refractivity contribution in [2.75, 3.05) is 20.6 Å². The van der Waals surface area contributed by atoms with E-state index in [9.17, 15) is 4.39 Å². The molecular formula is C16H26ClFN2. The van der Waals surface area contributed by atoms with E-state index in [4.69, 9.17) is 11.6 Å². The van der Waals surface area contributed by atoms with E-state index in [1.807, 2.05) is 14.1 Å². The zero-order valence-corrected chi connectivity index (χ0v) is 13.9. The van der Waals surface area contributed by atoms with Gasteiger partial charge in [0, 0.05) is 22.2 Å². The van der Waals surface area contributed by atoms with Gasteiger partial charge in [-0.1, -0.05) is 24.6 Å². The van der Waals surface area contributed by atoms with Gasteiger partial charge in [0.2, 0.25) is 0 Å². The molecule has 1 aromatic rings. The van der Waals surface area contributed by atoms with Gasteiger partial charge in [0.1, 0.15) is 5.82 Å². The number of benzene rings is 1. The Morgan fingerprint density at radius 3 is 2.50 bits per heavy atom. The fraction of sp³-hybridized carbons (Fsp3) is 0.625. The quantitative estimate of drug-likeness (QED) is 0.825. The second-order valence-corrected chi connectivity index (χ2v) is 6.37. The summed E-state index contributed by atoms with van der Waals surface area (Å²) < 4.78 is 14.0. The second-order valence-electron chi connectivity index (χ2n) is 5.96. The molecule has 0 fully saturated rings. The van der Waals surface area contributed by atoms with Crippen LogP contribution in [-0.4, -0.2) is 37.1 Å². The van der Waals surface area contributed by atoms with E-state index in [2.05, 4.69) is 31.0 Å². The van der Waals surface area contributed by atoms with Crippen LogP contribution in [0.2, 0.25) is 5.02 Å². The van der Waals surface area contributed by atoms with Gasteiger partial charge in [-0.3, -0.25) is 0 Å². The largest absolute Gasteiger partial charge is 0.312 e. The third kappa shape index (κ3) is 4.18. The molecule has 114 valence electrons. The van der Waals surface area contributed by atoms with E-state index in [1.165, 1.54) is 6.07 Å². The summed E-state index contributed by atoms with van der Waals surface area (Å²) in [5.74, 6) is -0.227. The molecule has 20 heavy (non-hydrogen) atoms. The lowest BCUT2D eigenvalue weighted by Crippen LogP contribution is -2.56. The van der Waals surface area contributed by atoms with E-state index in [1.54, 1.807) is 12.1 Å². The maximum atomic E-state index is 14.0. The highest BCUT2D eigenvalue weighted by molar-refractivity contribution is 6.31. The molecular weight excluding hydrogens is 275 g/mol. The van der Waals surface area contributed by atoms with Crippen LogP contribution in [0.4, 0.5) is 4.39 Å². The Labute approximate surface area is 127 Å². The van der Waals surface area contributed by atoms with Gasteiger partial charge < -0.3 is 10.2 Å². The van der Waals surface area contributed by atoms with Crippen LogP contribution < -0.4 is 5.32 Å². The minimum absolute atomic E-state index is 0.0964. The van der Waals surface area contributed by atoms with Crippen LogP contribution in [-0.2, 0) is 6.42 Å². The number of hydrogen-bond acceptors (Lipinski definition) is 2. The summed E-state index contributed by atoms with van der Waals surface area (Å²) in [5.41, 5.74) is 0.499. The molecule has 1 aromatic carbocycles. The maximum absolute atomic E-state index is 14.0. The number of nitrogens with zero attached hydrogens (tertiary/aromatic N) is 1. The Hall–Kier alpha value is -0.640. The molecule has 2 nitrogen and oxygen atoms in total. The SMILES string of the molecule is CCCNC(Cc1c(F)cccc1Cl)C(C)(C)N(C)C. The summed E-state index contributed by atoms with van der Waals surface area (Å²) in [7, 11) is 4.09. The van der Waals surface area contributed by atoms with Crippen LogP contribution in [0.5, 0.6) is 0 Å². The van der Waals surface area contributed by atoms with Crippen LogP contribution in [0.25, 0.3) is 0 Å². The summed E-state index contributed by atoms with van der Waals surface area (Å²) >= 11 is 6.16. The lowest BCUT2D eigenvalue weighted by molar-refractivity contribution is 0.136. The predicted octanol–water partition coefficient (Wildman–Crippen LogP) is 3.73. The van der Waals surface area contributed by atoms with Gasteiger partial charge in [0.15, 0.2) is 0 Å². The Morgan fingerprint density at radius 1 is 1.35 bits per heavy atom. The van der Waals surface area contributed by atoms with Crippen molar-refractivity contribution >= 4 is 11.6 Å². The standard InChI is InChI=1S/C16H26ClFN2/c1-6-10-19-15(16(2,3)20(4)5)11-12-13(17)8-7-9-14(12)18/h7-9,15,19H,6,10-11H2,1-5H3. The van der Waals surface area contributed by atoms with Crippen molar-refractivity contribution in [3.8, 4) is 0 Å². The molecule has 0 saturated heterocycles. The third-order valence-electron chi connectivity index (χ3n) is 4.12. The van der Waals surface area contributed by atoms with Gasteiger partial charge in [-0.15, -0.1) is 0 Å². The van der Waals surface area contributed by atoms with Gasteiger partial charge in [-0.2, -0.15) is 0 Å². The van der Waals surface area contributed by atoms with Crippen molar-refractivity contribution < 1.29 is 4.39 Å². The summed E-state index contributed by atoms with van der Waals surface area (Å²) in [6.45, 7) is 7.36. The number of nitrogens with one attached hydrogen (secondary N) is 1. The smallest absolute Gasteiger partial charge is 0.127 e. The normalized spacial score (nSPS) is 13.8. The maximum Gasteiger partial charge on any atom is 0.127 e. The fourth-order valence-corrected chi connectivity index (χ4v) is 2.37. The fourth-order valence-electron chi connectivity index (χ4n) is 2.13. The highest BCUT2D eigenvalue weighted by atomic mass is 35.5. The van der Waals surface area contributed by atoms with Crippen molar-refractivity contribution in [3.63, 3.8) is 0 Å². The van der Waals surface area contributed by atoms with Gasteiger partial charge >= 0.3 is 0 Å². The van der Waals surface area contributed by atoms with Gasteiger partial charge in [-0.05, 0) is 59.5 Å². The first-order chi connectivity index (χ1) is 9.30. The Kier molecular flexibility index (Phi) is 6.44. The first-order valence-corrected chi connectivity index (χ1v) is 7.52. The van der Waals surface area contributed by atoms with Crippen LogP contribution in [0, 0.1) is 5.82 Å². The van der Waals surface area contributed by atoms with Crippen molar-refractivity contribution in [2.24, 2.45) is 0 Å². The van der Waals surface area contributed by atoms with Gasteiger partial charge in [0.05, 0.1) is 0 Å². The van der Waals surface area contributed by atoms with E-state index in [0.717, 1.165) is 13.0 Å². The van der Waals surface area contributed by atoms with E-state index < -0.39 is 0 Å². The monoisotopic (exact) mass is 300 g/mol. The predicted molar refractivity (Wildman–Crippen MR) is 85.0 cm³/mol. The molecule has 1 atom stereocenters. The van der Waals surface area contributed by atoms with Crippen molar-refractivity contribution in [1.29, 1.82) is 0 Å². The lowest BCUT2D eigenvalue weighted by atomic mass is 9.87. The lowest BCUT2D eigenvalue weighted by Gasteiger charge is -2.41. The Morgan fingerprint density at radius 2 is 2.00 bits per heavy atom. The summed E-state index contributed by atoms with van der Waals surface area (Å²) in [6.07, 6.45) is 1.63. The first kappa shape index (κ1) is 17.4. The van der Waals surface area contributed by atoms with Crippen molar-refractivity contribution in [3.05, 3.63) is 34.6 Å². The third-order valence-corrected chi connectivity index (χ3v) is 4.47. The molecule has 0 aromatic heterocycles. The summed E-state index contributed by atoms with van der Waals surface area (Å²) in [6, 6.07) is 5.00. The molecule has 0 bridgehead atoms. The van der Waals surface area contributed by atoms with E-state index >= 15 is 0 Å². The molecule has 0 radical (unpaired) electrons. The topological polar surface area (TPSA) is 15.3 Å². The molecule has 0 saturated carbocycles. The van der Waals surface area contributed by atoms with Crippen molar-refractivity contribution in [1.82, 2.24) is 10.2 Å².